The van der Waals surface area contributed by atoms with E-state index in [1.807, 2.05) is 66.4 Å². The van der Waals surface area contributed by atoms with Gasteiger partial charge in [-0.2, -0.15) is 0 Å². The van der Waals surface area contributed by atoms with Crippen LogP contribution >= 0.6 is 0 Å². The number of carbonyl (C=O) groups is 3. The zero-order chi connectivity index (χ0) is 22.9. The number of fused-ring (bicyclic) bond motifs is 5. The third kappa shape index (κ3) is 2.44. The molecule has 0 aromatic heterocycles. The minimum absolute atomic E-state index is 0.0518. The molecule has 0 saturated carbocycles. The van der Waals surface area contributed by atoms with Crippen molar-refractivity contribution in [2.45, 2.75) is 31.8 Å². The minimum atomic E-state index is -1.39. The number of anilines is 1. The molecule has 2 heterocycles. The summed E-state index contributed by atoms with van der Waals surface area (Å²) in [6.45, 7) is 3.60. The Morgan fingerprint density at radius 3 is 2.15 bits per heavy atom. The highest BCUT2D eigenvalue weighted by Gasteiger charge is 2.71. The summed E-state index contributed by atoms with van der Waals surface area (Å²) >= 11 is 0. The van der Waals surface area contributed by atoms with Crippen LogP contribution in [-0.2, 0) is 4.79 Å². The number of nitrogens with zero attached hydrogens (tertiary/aromatic N) is 1. The molecule has 3 aromatic rings. The van der Waals surface area contributed by atoms with Gasteiger partial charge in [0, 0.05) is 22.7 Å². The Labute approximate surface area is 192 Å². The van der Waals surface area contributed by atoms with Crippen molar-refractivity contribution < 1.29 is 14.4 Å². The third-order valence-electron chi connectivity index (χ3n) is 7.53. The number of carbonyl (C=O) groups excluding carboxylic acids is 3. The second-order valence-electron chi connectivity index (χ2n) is 9.29. The Kier molecular flexibility index (Phi) is 4.12. The molecule has 3 aliphatic rings. The summed E-state index contributed by atoms with van der Waals surface area (Å²) in [4.78, 5) is 43.8. The van der Waals surface area contributed by atoms with Crippen molar-refractivity contribution in [1.29, 1.82) is 0 Å². The summed E-state index contributed by atoms with van der Waals surface area (Å²) in [6.07, 6.45) is 3.96. The maximum Gasteiger partial charge on any atom is 0.180 e. The molecule has 4 heteroatoms. The highest BCUT2D eigenvalue weighted by atomic mass is 16.2. The smallest absolute Gasteiger partial charge is 0.180 e. The van der Waals surface area contributed by atoms with Crippen molar-refractivity contribution in [1.82, 2.24) is 0 Å². The van der Waals surface area contributed by atoms with Crippen molar-refractivity contribution in [3.63, 3.8) is 0 Å². The molecule has 33 heavy (non-hydrogen) atoms. The van der Waals surface area contributed by atoms with E-state index in [9.17, 15) is 14.4 Å². The van der Waals surface area contributed by atoms with Crippen molar-refractivity contribution in [3.05, 3.63) is 107 Å². The Hall–Kier alpha value is -3.79. The monoisotopic (exact) mass is 433 g/mol. The summed E-state index contributed by atoms with van der Waals surface area (Å²) in [7, 11) is 0. The van der Waals surface area contributed by atoms with Gasteiger partial charge in [-0.05, 0) is 37.1 Å². The molecule has 1 saturated heterocycles. The standard InChI is InChI=1S/C29H23NO3/c1-17-12-14-23-20(16-17)13-15-24-29(27(32)21-10-6-7-11-22(21)28(29)33)25(19-8-4-3-5-9-19)26(18(2)31)30(23)24/h3-16,24-26H,1-2H3/t24-,25-,26-/m0/s1. The predicted molar refractivity (Wildman–Crippen MR) is 128 cm³/mol. The van der Waals surface area contributed by atoms with Crippen LogP contribution in [0.2, 0.25) is 0 Å². The molecule has 0 bridgehead atoms. The molecule has 162 valence electrons. The lowest BCUT2D eigenvalue weighted by molar-refractivity contribution is -0.118. The van der Waals surface area contributed by atoms with E-state index < -0.39 is 23.4 Å². The fourth-order valence-corrected chi connectivity index (χ4v) is 6.28. The molecule has 0 unspecified atom stereocenters. The first-order valence-corrected chi connectivity index (χ1v) is 11.3. The predicted octanol–water partition coefficient (Wildman–Crippen LogP) is 5.02. The number of aryl methyl sites for hydroxylation is 1. The molecule has 1 spiro atoms. The summed E-state index contributed by atoms with van der Waals surface area (Å²) in [6, 6.07) is 21.6. The van der Waals surface area contributed by atoms with Crippen LogP contribution in [0.5, 0.6) is 0 Å². The van der Waals surface area contributed by atoms with Gasteiger partial charge in [-0.3, -0.25) is 14.4 Å². The molecular weight excluding hydrogens is 410 g/mol. The van der Waals surface area contributed by atoms with Crippen molar-refractivity contribution >= 4 is 29.1 Å². The van der Waals surface area contributed by atoms with E-state index in [4.69, 9.17) is 0 Å². The molecule has 4 nitrogen and oxygen atoms in total. The van der Waals surface area contributed by atoms with Crippen molar-refractivity contribution in [3.8, 4) is 0 Å². The highest BCUT2D eigenvalue weighted by Crippen LogP contribution is 2.60. The molecule has 1 fully saturated rings. The van der Waals surface area contributed by atoms with E-state index >= 15 is 0 Å². The van der Waals surface area contributed by atoms with E-state index in [2.05, 4.69) is 6.07 Å². The SMILES string of the molecule is CC(=O)[C@H]1[C@H](c2ccccc2)C2(C(=O)c3ccccc3C2=O)[C@@H]2C=Cc3cc(C)ccc3N21. The largest absolute Gasteiger partial charge is 0.352 e. The van der Waals surface area contributed by atoms with Crippen LogP contribution in [-0.4, -0.2) is 29.4 Å². The number of ketones is 3. The Balaban J connectivity index is 1.68. The van der Waals surface area contributed by atoms with Gasteiger partial charge in [0.15, 0.2) is 17.3 Å². The lowest BCUT2D eigenvalue weighted by atomic mass is 9.64. The van der Waals surface area contributed by atoms with Crippen LogP contribution in [0.4, 0.5) is 5.69 Å². The maximum absolute atomic E-state index is 14.2. The van der Waals surface area contributed by atoms with Gasteiger partial charge in [0.05, 0.1) is 12.1 Å². The number of hydrogen-bond donors (Lipinski definition) is 0. The van der Waals surface area contributed by atoms with Crippen molar-refractivity contribution in [2.24, 2.45) is 5.41 Å². The zero-order valence-electron chi connectivity index (χ0n) is 18.5. The van der Waals surface area contributed by atoms with Crippen LogP contribution in [0, 0.1) is 12.3 Å². The Morgan fingerprint density at radius 2 is 1.52 bits per heavy atom. The molecule has 0 radical (unpaired) electrons. The van der Waals surface area contributed by atoms with E-state index in [1.165, 1.54) is 0 Å². The fraction of sp³-hybridized carbons (Fsp3) is 0.207. The van der Waals surface area contributed by atoms with Gasteiger partial charge in [0.2, 0.25) is 0 Å². The van der Waals surface area contributed by atoms with Gasteiger partial charge >= 0.3 is 0 Å². The average Bonchev–Trinajstić information content (AvgIpc) is 3.26. The number of benzene rings is 3. The fourth-order valence-electron chi connectivity index (χ4n) is 6.28. The molecular formula is C29H23NO3. The molecule has 2 aliphatic heterocycles. The molecule has 1 aliphatic carbocycles. The van der Waals surface area contributed by atoms with Crippen molar-refractivity contribution in [2.75, 3.05) is 4.90 Å². The first-order chi connectivity index (χ1) is 16.0. The highest BCUT2D eigenvalue weighted by molar-refractivity contribution is 6.32. The number of rotatable bonds is 2. The van der Waals surface area contributed by atoms with Gasteiger partial charge in [-0.25, -0.2) is 0 Å². The van der Waals surface area contributed by atoms with Gasteiger partial charge in [-0.15, -0.1) is 0 Å². The quantitative estimate of drug-likeness (QED) is 0.533. The van der Waals surface area contributed by atoms with Gasteiger partial charge in [-0.1, -0.05) is 78.4 Å². The summed E-state index contributed by atoms with van der Waals surface area (Å²) in [5.74, 6) is -1.01. The topological polar surface area (TPSA) is 54.5 Å². The lowest BCUT2D eigenvalue weighted by Gasteiger charge is -2.37. The Bertz CT molecular complexity index is 1340. The van der Waals surface area contributed by atoms with Gasteiger partial charge in [0.1, 0.15) is 5.41 Å². The second-order valence-corrected chi connectivity index (χ2v) is 9.29. The summed E-state index contributed by atoms with van der Waals surface area (Å²) in [5, 5.41) is 0. The van der Waals surface area contributed by atoms with E-state index in [0.29, 0.717) is 11.1 Å². The van der Waals surface area contributed by atoms with Crippen LogP contribution in [0.1, 0.15) is 50.2 Å². The zero-order valence-corrected chi connectivity index (χ0v) is 18.5. The summed E-state index contributed by atoms with van der Waals surface area (Å²) in [5.41, 5.74) is 3.36. The second kappa shape index (κ2) is 6.85. The number of Topliss-reactive ketones (excluding diaryl/α,β-unsaturated/α-hetero) is 3. The van der Waals surface area contributed by atoms with Crippen LogP contribution < -0.4 is 4.90 Å². The molecule has 3 aromatic carbocycles. The number of hydrogen-bond acceptors (Lipinski definition) is 4. The molecule has 3 atom stereocenters. The Morgan fingerprint density at radius 1 is 0.879 bits per heavy atom. The van der Waals surface area contributed by atoms with E-state index in [0.717, 1.165) is 22.4 Å². The van der Waals surface area contributed by atoms with Crippen LogP contribution in [0.15, 0.2) is 78.9 Å². The van der Waals surface area contributed by atoms with Gasteiger partial charge < -0.3 is 4.90 Å². The average molecular weight is 434 g/mol. The first kappa shape index (κ1) is 19.9. The maximum atomic E-state index is 14.2. The van der Waals surface area contributed by atoms with Gasteiger partial charge in [0.25, 0.3) is 0 Å². The molecule has 0 N–H and O–H groups in total. The van der Waals surface area contributed by atoms with Crippen LogP contribution in [0.3, 0.4) is 0 Å². The third-order valence-corrected chi connectivity index (χ3v) is 7.53. The molecule has 6 rings (SSSR count). The van der Waals surface area contributed by atoms with E-state index in [1.54, 1.807) is 31.2 Å². The minimum Gasteiger partial charge on any atom is -0.352 e. The lowest BCUT2D eigenvalue weighted by Crippen LogP contribution is -2.48. The summed E-state index contributed by atoms with van der Waals surface area (Å²) < 4.78 is 0. The normalized spacial score (nSPS) is 24.1. The first-order valence-electron chi connectivity index (χ1n) is 11.3. The van der Waals surface area contributed by atoms with E-state index in [-0.39, 0.29) is 17.3 Å². The van der Waals surface area contributed by atoms with Crippen LogP contribution in [0.25, 0.3) is 6.08 Å². The molecule has 0 amide bonds.